The number of nitrogens with zero attached hydrogens (tertiary/aromatic N) is 1. The van der Waals surface area contributed by atoms with Gasteiger partial charge in [0.2, 0.25) is 5.75 Å². The summed E-state index contributed by atoms with van der Waals surface area (Å²) in [6.07, 6.45) is 0.782. The van der Waals surface area contributed by atoms with E-state index in [1.54, 1.807) is 17.0 Å². The summed E-state index contributed by atoms with van der Waals surface area (Å²) in [6.45, 7) is 0.618. The Hall–Kier alpha value is -3.72. The molecule has 2 aromatic carbocycles. The summed E-state index contributed by atoms with van der Waals surface area (Å²) in [5, 5.41) is 7.47. The van der Waals surface area contributed by atoms with Crippen molar-refractivity contribution in [3.8, 4) is 17.2 Å². The van der Waals surface area contributed by atoms with Gasteiger partial charge >= 0.3 is 6.03 Å². The number of hydrogen-bond acceptors (Lipinski definition) is 6. The highest BCUT2D eigenvalue weighted by Crippen LogP contribution is 2.40. The van der Waals surface area contributed by atoms with E-state index in [9.17, 15) is 9.59 Å². The van der Waals surface area contributed by atoms with Crippen molar-refractivity contribution < 1.29 is 23.8 Å². The molecule has 32 heavy (non-hydrogen) atoms. The number of ether oxygens (including phenoxy) is 3. The molecular formula is C23H23N3O5S. The van der Waals surface area contributed by atoms with Gasteiger partial charge < -0.3 is 29.7 Å². The molecule has 0 unspecified atom stereocenters. The second-order valence-corrected chi connectivity index (χ2v) is 7.97. The first-order valence-corrected chi connectivity index (χ1v) is 10.8. The fraction of sp³-hybridized carbons (Fsp3) is 0.217. The Labute approximate surface area is 189 Å². The van der Waals surface area contributed by atoms with Crippen molar-refractivity contribution >= 4 is 40.3 Å². The zero-order valence-corrected chi connectivity index (χ0v) is 18.7. The maximum absolute atomic E-state index is 12.8. The lowest BCUT2D eigenvalue weighted by Gasteiger charge is -2.18. The van der Waals surface area contributed by atoms with Gasteiger partial charge in [0.05, 0.1) is 31.9 Å². The Bertz CT molecular complexity index is 1120. The van der Waals surface area contributed by atoms with Crippen LogP contribution in [0, 0.1) is 0 Å². The normalized spacial score (nSPS) is 12.2. The summed E-state index contributed by atoms with van der Waals surface area (Å²) >= 11 is 1.42. The van der Waals surface area contributed by atoms with Gasteiger partial charge in [-0.25, -0.2) is 4.79 Å². The molecule has 3 amide bonds. The molecule has 4 rings (SSSR count). The van der Waals surface area contributed by atoms with Crippen LogP contribution in [0.3, 0.4) is 0 Å². The second-order valence-electron chi connectivity index (χ2n) is 7.02. The van der Waals surface area contributed by atoms with Crippen LogP contribution in [0.5, 0.6) is 17.2 Å². The molecule has 1 aromatic heterocycles. The van der Waals surface area contributed by atoms with Crippen molar-refractivity contribution in [3.63, 3.8) is 0 Å². The van der Waals surface area contributed by atoms with E-state index in [1.807, 2.05) is 35.7 Å². The van der Waals surface area contributed by atoms with Gasteiger partial charge in [-0.1, -0.05) is 12.1 Å². The van der Waals surface area contributed by atoms with E-state index in [1.165, 1.54) is 32.7 Å². The van der Waals surface area contributed by atoms with Gasteiger partial charge in [-0.2, -0.15) is 0 Å². The highest BCUT2D eigenvalue weighted by molar-refractivity contribution is 7.12. The van der Waals surface area contributed by atoms with Crippen LogP contribution in [0.25, 0.3) is 0 Å². The first kappa shape index (κ1) is 21.5. The van der Waals surface area contributed by atoms with E-state index >= 15 is 0 Å². The molecule has 1 aliphatic heterocycles. The summed E-state index contributed by atoms with van der Waals surface area (Å²) in [4.78, 5) is 27.9. The molecule has 0 saturated heterocycles. The van der Waals surface area contributed by atoms with Gasteiger partial charge in [-0.3, -0.25) is 4.79 Å². The van der Waals surface area contributed by atoms with Crippen molar-refractivity contribution in [2.75, 3.05) is 43.4 Å². The van der Waals surface area contributed by atoms with E-state index in [0.717, 1.165) is 17.7 Å². The van der Waals surface area contributed by atoms with Crippen molar-refractivity contribution in [1.82, 2.24) is 0 Å². The van der Waals surface area contributed by atoms with E-state index in [-0.39, 0.29) is 5.91 Å². The number of hydrogen-bond donors (Lipinski definition) is 2. The first-order valence-electron chi connectivity index (χ1n) is 9.90. The molecule has 0 fully saturated rings. The molecule has 3 aromatic rings. The van der Waals surface area contributed by atoms with Crippen LogP contribution in [-0.4, -0.2) is 39.8 Å². The molecule has 2 N–H and O–H groups in total. The topological polar surface area (TPSA) is 89.1 Å². The van der Waals surface area contributed by atoms with Crippen LogP contribution in [0.4, 0.5) is 21.9 Å². The molecule has 0 saturated carbocycles. The minimum Gasteiger partial charge on any atom is -0.493 e. The lowest BCUT2D eigenvalue weighted by Crippen LogP contribution is -2.28. The van der Waals surface area contributed by atoms with Gasteiger partial charge in [-0.05, 0) is 35.6 Å². The quantitative estimate of drug-likeness (QED) is 0.569. The molecule has 0 spiro atoms. The molecule has 9 heteroatoms. The van der Waals surface area contributed by atoms with E-state index < -0.39 is 6.03 Å². The largest absolute Gasteiger partial charge is 0.493 e. The Morgan fingerprint density at radius 1 is 0.938 bits per heavy atom. The highest BCUT2D eigenvalue weighted by atomic mass is 32.1. The molecule has 0 aliphatic carbocycles. The second kappa shape index (κ2) is 9.19. The smallest absolute Gasteiger partial charge is 0.323 e. The van der Waals surface area contributed by atoms with Crippen LogP contribution >= 0.6 is 11.3 Å². The van der Waals surface area contributed by atoms with E-state index in [4.69, 9.17) is 14.2 Å². The molecule has 0 radical (unpaired) electrons. The molecule has 2 heterocycles. The number of carbonyl (C=O) groups excluding carboxylic acids is 2. The molecule has 0 bridgehead atoms. The summed E-state index contributed by atoms with van der Waals surface area (Å²) in [5.74, 6) is 1.28. The number of carbonyl (C=O) groups is 2. The van der Waals surface area contributed by atoms with Crippen molar-refractivity contribution in [3.05, 3.63) is 58.3 Å². The molecule has 8 nitrogen and oxygen atoms in total. The maximum Gasteiger partial charge on any atom is 0.323 e. The number of rotatable bonds is 6. The standard InChI is InChI=1S/C23H23N3O5S/c1-29-18-12-16(13-19(30-2)21(18)31-3)25-23(28)24-15-7-6-14-8-9-26(17(14)11-15)22(27)20-5-4-10-32-20/h4-7,10-13H,8-9H2,1-3H3,(H2,24,25,28). The minimum absolute atomic E-state index is 0.0298. The number of benzene rings is 2. The fourth-order valence-corrected chi connectivity index (χ4v) is 4.32. The molecule has 1 aliphatic rings. The highest BCUT2D eigenvalue weighted by Gasteiger charge is 2.26. The van der Waals surface area contributed by atoms with Crippen LogP contribution < -0.4 is 29.7 Å². The summed E-state index contributed by atoms with van der Waals surface area (Å²) in [7, 11) is 4.53. The van der Waals surface area contributed by atoms with Crippen molar-refractivity contribution in [1.29, 1.82) is 0 Å². The number of amides is 3. The fourth-order valence-electron chi connectivity index (χ4n) is 3.65. The van der Waals surface area contributed by atoms with Crippen molar-refractivity contribution in [2.24, 2.45) is 0 Å². The monoisotopic (exact) mass is 453 g/mol. The third-order valence-corrected chi connectivity index (χ3v) is 6.00. The predicted octanol–water partition coefficient (Wildman–Crippen LogP) is 4.62. The van der Waals surface area contributed by atoms with Gasteiger partial charge in [0.25, 0.3) is 5.91 Å². The Morgan fingerprint density at radius 3 is 2.28 bits per heavy atom. The summed E-state index contributed by atoms with van der Waals surface area (Å²) < 4.78 is 15.9. The lowest BCUT2D eigenvalue weighted by molar-refractivity contribution is 0.0993. The first-order chi connectivity index (χ1) is 15.5. The van der Waals surface area contributed by atoms with Gasteiger partial charge in [0.1, 0.15) is 0 Å². The number of fused-ring (bicyclic) bond motifs is 1. The van der Waals surface area contributed by atoms with Crippen LogP contribution in [-0.2, 0) is 6.42 Å². The average Bonchev–Trinajstić information content (AvgIpc) is 3.48. The number of nitrogens with one attached hydrogen (secondary N) is 2. The van der Waals surface area contributed by atoms with Crippen LogP contribution in [0.1, 0.15) is 15.2 Å². The molecule has 0 atom stereocenters. The van der Waals surface area contributed by atoms with Crippen molar-refractivity contribution in [2.45, 2.75) is 6.42 Å². The molecule has 166 valence electrons. The Balaban J connectivity index is 1.50. The van der Waals surface area contributed by atoms with Gasteiger partial charge in [0, 0.05) is 30.1 Å². The lowest BCUT2D eigenvalue weighted by atomic mass is 10.1. The number of anilines is 3. The zero-order chi connectivity index (χ0) is 22.7. The minimum atomic E-state index is -0.437. The third-order valence-electron chi connectivity index (χ3n) is 5.14. The SMILES string of the molecule is COc1cc(NC(=O)Nc2ccc3c(c2)N(C(=O)c2cccs2)CC3)cc(OC)c1OC. The van der Waals surface area contributed by atoms with Crippen LogP contribution in [0.15, 0.2) is 47.8 Å². The van der Waals surface area contributed by atoms with Gasteiger partial charge in [0.15, 0.2) is 11.5 Å². The molecular weight excluding hydrogens is 430 g/mol. The predicted molar refractivity (Wildman–Crippen MR) is 125 cm³/mol. The Morgan fingerprint density at radius 2 is 1.66 bits per heavy atom. The van der Waals surface area contributed by atoms with E-state index in [2.05, 4.69) is 10.6 Å². The zero-order valence-electron chi connectivity index (χ0n) is 17.9. The van der Waals surface area contributed by atoms with Gasteiger partial charge in [-0.15, -0.1) is 11.3 Å². The number of urea groups is 1. The maximum atomic E-state index is 12.8. The third kappa shape index (κ3) is 4.19. The number of thiophene rings is 1. The van der Waals surface area contributed by atoms with E-state index in [0.29, 0.717) is 40.0 Å². The average molecular weight is 454 g/mol. The summed E-state index contributed by atoms with van der Waals surface area (Å²) in [6, 6.07) is 12.1. The Kier molecular flexibility index (Phi) is 6.18. The van der Waals surface area contributed by atoms with Crippen LogP contribution in [0.2, 0.25) is 0 Å². The number of methoxy groups -OCH3 is 3. The summed E-state index contributed by atoms with van der Waals surface area (Å²) in [5.41, 5.74) is 2.95.